The van der Waals surface area contributed by atoms with E-state index in [-0.39, 0.29) is 11.9 Å². The van der Waals surface area contributed by atoms with Gasteiger partial charge in [0.1, 0.15) is 0 Å². The number of aromatic amines is 1. The summed E-state index contributed by atoms with van der Waals surface area (Å²) in [7, 11) is 1.44. The van der Waals surface area contributed by atoms with E-state index in [0.29, 0.717) is 0 Å². The highest BCUT2D eigenvalue weighted by Gasteiger charge is 2.40. The molecule has 146 valence electrons. The minimum absolute atomic E-state index is 0.149. The van der Waals surface area contributed by atoms with Gasteiger partial charge in [-0.1, -0.05) is 72.8 Å². The first-order chi connectivity index (χ1) is 14.0. The van der Waals surface area contributed by atoms with E-state index in [9.17, 15) is 4.79 Å². The molecule has 0 radical (unpaired) electrons. The Hall–Kier alpha value is -3.40. The first-order valence-corrected chi connectivity index (χ1v) is 9.69. The predicted molar refractivity (Wildman–Crippen MR) is 116 cm³/mol. The van der Waals surface area contributed by atoms with Gasteiger partial charge in [-0.2, -0.15) is 5.10 Å². The van der Waals surface area contributed by atoms with Crippen molar-refractivity contribution >= 4 is 16.9 Å². The van der Waals surface area contributed by atoms with E-state index in [1.807, 2.05) is 50.2 Å². The second kappa shape index (κ2) is 7.55. The van der Waals surface area contributed by atoms with Crippen LogP contribution in [0.4, 0.5) is 0 Å². The summed E-state index contributed by atoms with van der Waals surface area (Å²) in [5.74, 6) is -0.384. The summed E-state index contributed by atoms with van der Waals surface area (Å²) in [4.78, 5) is 12.6. The van der Waals surface area contributed by atoms with Gasteiger partial charge in [-0.3, -0.25) is 9.89 Å². The highest BCUT2D eigenvalue weighted by Crippen LogP contribution is 2.42. The third-order valence-electron chi connectivity index (χ3n) is 5.53. The van der Waals surface area contributed by atoms with Gasteiger partial charge in [0.2, 0.25) is 0 Å². The quantitative estimate of drug-likeness (QED) is 0.458. The van der Waals surface area contributed by atoms with Gasteiger partial charge in [-0.15, -0.1) is 0 Å². The largest absolute Gasteiger partial charge is 0.469 e. The third kappa shape index (κ3) is 3.42. The van der Waals surface area contributed by atoms with Crippen molar-refractivity contribution in [2.45, 2.75) is 19.8 Å². The monoisotopic (exact) mass is 384 g/mol. The number of benzene rings is 3. The number of nitrogens with one attached hydrogen (secondary N) is 1. The molecule has 0 amide bonds. The Labute approximate surface area is 170 Å². The van der Waals surface area contributed by atoms with Crippen molar-refractivity contribution in [1.29, 1.82) is 0 Å². The first kappa shape index (κ1) is 18.9. The minimum Gasteiger partial charge on any atom is -0.469 e. The van der Waals surface area contributed by atoms with Gasteiger partial charge in [-0.25, -0.2) is 0 Å². The standard InChI is InChI=1S/C25H24N2O2/c1-25(2,24(28)29-3)22(17-10-6-4-7-11-17)19-14-15-20-21(16-19)26-27-23(20)18-12-8-5-9-13-18/h4-16,22H,1-3H3,(H,26,27). The number of carbonyl (C=O) groups is 1. The van der Waals surface area contributed by atoms with Gasteiger partial charge in [-0.05, 0) is 31.0 Å². The summed E-state index contributed by atoms with van der Waals surface area (Å²) < 4.78 is 5.13. The number of rotatable bonds is 5. The van der Waals surface area contributed by atoms with Crippen molar-refractivity contribution in [2.75, 3.05) is 7.11 Å². The topological polar surface area (TPSA) is 55.0 Å². The normalized spacial score (nSPS) is 12.7. The Morgan fingerprint density at radius 3 is 2.24 bits per heavy atom. The Morgan fingerprint density at radius 2 is 1.59 bits per heavy atom. The number of methoxy groups -OCH3 is 1. The number of carbonyl (C=O) groups excluding carboxylic acids is 1. The molecule has 0 aliphatic rings. The van der Waals surface area contributed by atoms with Gasteiger partial charge in [0, 0.05) is 16.9 Å². The van der Waals surface area contributed by atoms with Gasteiger partial charge >= 0.3 is 5.97 Å². The molecule has 4 aromatic rings. The van der Waals surface area contributed by atoms with Crippen LogP contribution in [0.25, 0.3) is 22.2 Å². The number of hydrogen-bond acceptors (Lipinski definition) is 3. The molecule has 0 bridgehead atoms. The zero-order valence-electron chi connectivity index (χ0n) is 16.8. The lowest BCUT2D eigenvalue weighted by Gasteiger charge is -2.32. The molecule has 1 atom stereocenters. The molecule has 1 aromatic heterocycles. The van der Waals surface area contributed by atoms with Crippen molar-refractivity contribution in [3.8, 4) is 11.3 Å². The van der Waals surface area contributed by atoms with Crippen molar-refractivity contribution in [3.05, 3.63) is 90.0 Å². The van der Waals surface area contributed by atoms with Gasteiger partial charge in [0.15, 0.2) is 0 Å². The lowest BCUT2D eigenvalue weighted by molar-refractivity contribution is -0.151. The smallest absolute Gasteiger partial charge is 0.312 e. The third-order valence-corrected chi connectivity index (χ3v) is 5.53. The number of fused-ring (bicyclic) bond motifs is 1. The van der Waals surface area contributed by atoms with E-state index in [2.05, 4.69) is 52.7 Å². The van der Waals surface area contributed by atoms with Crippen LogP contribution in [0.15, 0.2) is 78.9 Å². The minimum atomic E-state index is -0.730. The van der Waals surface area contributed by atoms with Crippen LogP contribution in [0.5, 0.6) is 0 Å². The Bertz CT molecular complexity index is 1130. The highest BCUT2D eigenvalue weighted by molar-refractivity contribution is 5.93. The number of hydrogen-bond donors (Lipinski definition) is 1. The Balaban J connectivity index is 1.84. The van der Waals surface area contributed by atoms with Crippen LogP contribution in [-0.2, 0) is 9.53 Å². The molecule has 1 unspecified atom stereocenters. The van der Waals surface area contributed by atoms with Crippen molar-refractivity contribution in [3.63, 3.8) is 0 Å². The van der Waals surface area contributed by atoms with Crippen molar-refractivity contribution in [1.82, 2.24) is 10.2 Å². The van der Waals surface area contributed by atoms with Crippen LogP contribution in [0.3, 0.4) is 0 Å². The zero-order chi connectivity index (χ0) is 20.4. The van der Waals surface area contributed by atoms with Crippen LogP contribution in [0.2, 0.25) is 0 Å². The van der Waals surface area contributed by atoms with E-state index in [1.165, 1.54) is 7.11 Å². The average molecular weight is 384 g/mol. The van der Waals surface area contributed by atoms with Crippen LogP contribution in [-0.4, -0.2) is 23.3 Å². The second-order valence-corrected chi connectivity index (χ2v) is 7.80. The number of nitrogens with zero attached hydrogens (tertiary/aromatic N) is 1. The second-order valence-electron chi connectivity index (χ2n) is 7.80. The van der Waals surface area contributed by atoms with E-state index in [1.54, 1.807) is 0 Å². The fraction of sp³-hybridized carbons (Fsp3) is 0.200. The molecule has 1 N–H and O–H groups in total. The molecule has 0 aliphatic carbocycles. The van der Waals surface area contributed by atoms with E-state index in [4.69, 9.17) is 4.74 Å². The van der Waals surface area contributed by atoms with E-state index < -0.39 is 5.41 Å². The summed E-state index contributed by atoms with van der Waals surface area (Å²) in [6, 6.07) is 26.5. The summed E-state index contributed by atoms with van der Waals surface area (Å²) in [5, 5.41) is 8.76. The van der Waals surface area contributed by atoms with Crippen LogP contribution < -0.4 is 0 Å². The molecule has 0 aliphatic heterocycles. The number of ether oxygens (including phenoxy) is 1. The molecule has 0 spiro atoms. The summed E-state index contributed by atoms with van der Waals surface area (Å²) in [6.07, 6.45) is 0. The molecular weight excluding hydrogens is 360 g/mol. The van der Waals surface area contributed by atoms with Gasteiger partial charge < -0.3 is 4.74 Å². The zero-order valence-corrected chi connectivity index (χ0v) is 16.8. The maximum atomic E-state index is 12.6. The molecule has 0 fully saturated rings. The molecule has 0 saturated heterocycles. The summed E-state index contributed by atoms with van der Waals surface area (Å²) in [6.45, 7) is 3.87. The Kier molecular flexibility index (Phi) is 4.93. The fourth-order valence-corrected chi connectivity index (χ4v) is 4.09. The molecule has 3 aromatic carbocycles. The molecule has 0 saturated carbocycles. The maximum absolute atomic E-state index is 12.6. The fourth-order valence-electron chi connectivity index (χ4n) is 4.09. The molecular formula is C25H24N2O2. The Morgan fingerprint density at radius 1 is 0.931 bits per heavy atom. The number of aromatic nitrogens is 2. The van der Waals surface area contributed by atoms with Crippen LogP contribution in [0, 0.1) is 5.41 Å². The van der Waals surface area contributed by atoms with Crippen LogP contribution >= 0.6 is 0 Å². The van der Waals surface area contributed by atoms with Crippen LogP contribution in [0.1, 0.15) is 30.9 Å². The maximum Gasteiger partial charge on any atom is 0.312 e. The molecule has 4 nitrogen and oxygen atoms in total. The SMILES string of the molecule is COC(=O)C(C)(C)C(c1ccccc1)c1ccc2c(-c3ccccc3)n[nH]c2c1. The lowest BCUT2D eigenvalue weighted by Crippen LogP contribution is -2.33. The van der Waals surface area contributed by atoms with E-state index >= 15 is 0 Å². The summed E-state index contributed by atoms with van der Waals surface area (Å²) >= 11 is 0. The first-order valence-electron chi connectivity index (χ1n) is 9.69. The van der Waals surface area contributed by atoms with Crippen molar-refractivity contribution in [2.24, 2.45) is 5.41 Å². The molecule has 4 rings (SSSR count). The number of esters is 1. The van der Waals surface area contributed by atoms with E-state index in [0.717, 1.165) is 33.3 Å². The highest BCUT2D eigenvalue weighted by atomic mass is 16.5. The average Bonchev–Trinajstić information content (AvgIpc) is 3.18. The molecule has 1 heterocycles. The van der Waals surface area contributed by atoms with Crippen molar-refractivity contribution < 1.29 is 9.53 Å². The lowest BCUT2D eigenvalue weighted by atomic mass is 9.71. The number of H-pyrrole nitrogens is 1. The van der Waals surface area contributed by atoms with Gasteiger partial charge in [0.25, 0.3) is 0 Å². The van der Waals surface area contributed by atoms with Gasteiger partial charge in [0.05, 0.1) is 23.7 Å². The molecule has 4 heteroatoms. The summed E-state index contributed by atoms with van der Waals surface area (Å²) in [5.41, 5.74) is 4.33. The predicted octanol–water partition coefficient (Wildman–Crippen LogP) is 5.56. The molecule has 29 heavy (non-hydrogen) atoms.